The second kappa shape index (κ2) is 7.81. The Balaban J connectivity index is 2.90. The summed E-state index contributed by atoms with van der Waals surface area (Å²) >= 11 is 7.05. The summed E-state index contributed by atoms with van der Waals surface area (Å²) in [6.45, 7) is 6.15. The number of nitriles is 1. The zero-order valence-corrected chi connectivity index (χ0v) is 14.0. The van der Waals surface area contributed by atoms with Crippen molar-refractivity contribution >= 4 is 37.5 Å². The van der Waals surface area contributed by atoms with Gasteiger partial charge in [0, 0.05) is 28.6 Å². The number of anilines is 1. The van der Waals surface area contributed by atoms with E-state index in [0.717, 1.165) is 22.9 Å². The smallest absolute Gasteiger partial charge is 0.0640 e. The molecule has 0 aliphatic heterocycles. The molecule has 0 saturated heterocycles. The van der Waals surface area contributed by atoms with Crippen LogP contribution in [-0.2, 0) is 5.33 Å². The van der Waals surface area contributed by atoms with Crippen LogP contribution in [0, 0.1) is 17.2 Å². The minimum absolute atomic E-state index is 0.560. The van der Waals surface area contributed by atoms with Crippen molar-refractivity contribution in [2.75, 3.05) is 18.0 Å². The molecule has 0 heterocycles. The van der Waals surface area contributed by atoms with Crippen LogP contribution in [-0.4, -0.2) is 13.1 Å². The molecule has 98 valence electrons. The lowest BCUT2D eigenvalue weighted by Crippen LogP contribution is -2.28. The monoisotopic (exact) mass is 372 g/mol. The number of alkyl halides is 1. The molecule has 0 spiro atoms. The molecule has 1 aromatic carbocycles. The Morgan fingerprint density at radius 1 is 1.39 bits per heavy atom. The molecule has 0 radical (unpaired) electrons. The van der Waals surface area contributed by atoms with Gasteiger partial charge in [0.1, 0.15) is 0 Å². The maximum Gasteiger partial charge on any atom is 0.0640 e. The van der Waals surface area contributed by atoms with E-state index in [4.69, 9.17) is 5.26 Å². The third-order valence-electron chi connectivity index (χ3n) is 2.62. The Kier molecular flexibility index (Phi) is 6.73. The maximum atomic E-state index is 8.74. The highest BCUT2D eigenvalue weighted by molar-refractivity contribution is 9.10. The number of hydrogen-bond acceptors (Lipinski definition) is 2. The van der Waals surface area contributed by atoms with Crippen LogP contribution in [0.3, 0.4) is 0 Å². The van der Waals surface area contributed by atoms with Crippen molar-refractivity contribution in [3.8, 4) is 6.07 Å². The normalized spacial score (nSPS) is 10.4. The summed E-state index contributed by atoms with van der Waals surface area (Å²) in [6.07, 6.45) is 0.560. The molecule has 18 heavy (non-hydrogen) atoms. The topological polar surface area (TPSA) is 27.0 Å². The second-order valence-corrected chi connectivity index (χ2v) is 6.07. The standard InChI is InChI=1S/C14H18Br2N2/c1-11(2)10-18(7-3-6-17)13-5-4-12(9-15)14(16)8-13/h4-5,8,11H,3,7,9-10H2,1-2H3. The fourth-order valence-electron chi connectivity index (χ4n) is 1.79. The second-order valence-electron chi connectivity index (χ2n) is 4.66. The summed E-state index contributed by atoms with van der Waals surface area (Å²) in [7, 11) is 0. The lowest BCUT2D eigenvalue weighted by atomic mass is 10.1. The number of halogens is 2. The maximum absolute atomic E-state index is 8.74. The summed E-state index contributed by atoms with van der Waals surface area (Å²) in [6, 6.07) is 8.60. The van der Waals surface area contributed by atoms with Gasteiger partial charge >= 0.3 is 0 Å². The predicted molar refractivity (Wildman–Crippen MR) is 84.1 cm³/mol. The lowest BCUT2D eigenvalue weighted by molar-refractivity contribution is 0.612. The zero-order valence-electron chi connectivity index (χ0n) is 10.8. The summed E-state index contributed by atoms with van der Waals surface area (Å²) in [5, 5.41) is 9.58. The van der Waals surface area contributed by atoms with Crippen molar-refractivity contribution in [3.05, 3.63) is 28.2 Å². The molecule has 0 saturated carbocycles. The van der Waals surface area contributed by atoms with E-state index < -0.39 is 0 Å². The molecule has 0 N–H and O–H groups in total. The molecule has 4 heteroatoms. The molecule has 0 bridgehead atoms. The average Bonchev–Trinajstić information content (AvgIpc) is 2.34. The first-order valence-corrected chi connectivity index (χ1v) is 7.96. The zero-order chi connectivity index (χ0) is 13.5. The van der Waals surface area contributed by atoms with Gasteiger partial charge in [-0.15, -0.1) is 0 Å². The van der Waals surface area contributed by atoms with Gasteiger partial charge in [0.15, 0.2) is 0 Å². The van der Waals surface area contributed by atoms with Crippen molar-refractivity contribution in [2.45, 2.75) is 25.6 Å². The summed E-state index contributed by atoms with van der Waals surface area (Å²) in [5.41, 5.74) is 2.42. The summed E-state index contributed by atoms with van der Waals surface area (Å²) < 4.78 is 1.11. The Morgan fingerprint density at radius 3 is 2.61 bits per heavy atom. The fraction of sp³-hybridized carbons (Fsp3) is 0.500. The first kappa shape index (κ1) is 15.5. The third kappa shape index (κ3) is 4.62. The van der Waals surface area contributed by atoms with E-state index in [1.54, 1.807) is 0 Å². The number of rotatable bonds is 6. The van der Waals surface area contributed by atoms with Crippen molar-refractivity contribution in [1.29, 1.82) is 5.26 Å². The Hall–Kier alpha value is -0.530. The molecular weight excluding hydrogens is 356 g/mol. The van der Waals surface area contributed by atoms with Crippen LogP contribution < -0.4 is 4.90 Å². The van der Waals surface area contributed by atoms with Crippen LogP contribution in [0.5, 0.6) is 0 Å². The van der Waals surface area contributed by atoms with Crippen molar-refractivity contribution in [1.82, 2.24) is 0 Å². The van der Waals surface area contributed by atoms with Crippen LogP contribution in [0.15, 0.2) is 22.7 Å². The van der Waals surface area contributed by atoms with E-state index in [1.165, 1.54) is 11.3 Å². The van der Waals surface area contributed by atoms with E-state index in [2.05, 4.69) is 74.9 Å². The first-order chi connectivity index (χ1) is 8.58. The molecule has 0 unspecified atom stereocenters. The van der Waals surface area contributed by atoms with Gasteiger partial charge in [-0.3, -0.25) is 0 Å². The highest BCUT2D eigenvalue weighted by atomic mass is 79.9. The van der Waals surface area contributed by atoms with Crippen molar-refractivity contribution in [3.63, 3.8) is 0 Å². The van der Waals surface area contributed by atoms with Crippen LogP contribution in [0.25, 0.3) is 0 Å². The van der Waals surface area contributed by atoms with E-state index in [-0.39, 0.29) is 0 Å². The van der Waals surface area contributed by atoms with Crippen LogP contribution in [0.2, 0.25) is 0 Å². The number of nitrogens with zero attached hydrogens (tertiary/aromatic N) is 2. The molecular formula is C14H18Br2N2. The largest absolute Gasteiger partial charge is 0.370 e. The Bertz CT molecular complexity index is 424. The van der Waals surface area contributed by atoms with Gasteiger partial charge in [0.2, 0.25) is 0 Å². The number of hydrogen-bond donors (Lipinski definition) is 0. The lowest BCUT2D eigenvalue weighted by Gasteiger charge is -2.26. The highest BCUT2D eigenvalue weighted by Gasteiger charge is 2.10. The molecule has 1 aromatic rings. The fourth-order valence-corrected chi connectivity index (χ4v) is 3.16. The van der Waals surface area contributed by atoms with Gasteiger partial charge < -0.3 is 4.90 Å². The Morgan fingerprint density at radius 2 is 2.11 bits per heavy atom. The van der Waals surface area contributed by atoms with Gasteiger partial charge in [0.25, 0.3) is 0 Å². The molecule has 0 atom stereocenters. The third-order valence-corrected chi connectivity index (χ3v) is 3.97. The quantitative estimate of drug-likeness (QED) is 0.674. The average molecular weight is 374 g/mol. The SMILES string of the molecule is CC(C)CN(CCC#N)c1ccc(CBr)c(Br)c1. The van der Waals surface area contributed by atoms with Gasteiger partial charge in [-0.05, 0) is 23.6 Å². The van der Waals surface area contributed by atoms with Gasteiger partial charge in [-0.25, -0.2) is 0 Å². The summed E-state index contributed by atoms with van der Waals surface area (Å²) in [4.78, 5) is 2.27. The molecule has 0 aliphatic carbocycles. The molecule has 0 amide bonds. The predicted octanol–water partition coefficient (Wildman–Crippen LogP) is 4.72. The molecule has 0 fully saturated rings. The van der Waals surface area contributed by atoms with Gasteiger partial charge in [-0.2, -0.15) is 5.26 Å². The van der Waals surface area contributed by atoms with E-state index >= 15 is 0 Å². The first-order valence-electron chi connectivity index (χ1n) is 6.04. The number of benzene rings is 1. The molecule has 1 rings (SSSR count). The molecule has 0 aliphatic rings. The highest BCUT2D eigenvalue weighted by Crippen LogP contribution is 2.26. The Labute approximate surface area is 126 Å². The van der Waals surface area contributed by atoms with Crippen LogP contribution in [0.4, 0.5) is 5.69 Å². The minimum atomic E-state index is 0.560. The van der Waals surface area contributed by atoms with Crippen molar-refractivity contribution < 1.29 is 0 Å². The minimum Gasteiger partial charge on any atom is -0.370 e. The van der Waals surface area contributed by atoms with Gasteiger partial charge in [-0.1, -0.05) is 51.8 Å². The van der Waals surface area contributed by atoms with E-state index in [1.807, 2.05) is 0 Å². The van der Waals surface area contributed by atoms with Crippen LogP contribution in [0.1, 0.15) is 25.8 Å². The summed E-state index contributed by atoms with van der Waals surface area (Å²) in [5.74, 6) is 0.582. The van der Waals surface area contributed by atoms with E-state index in [9.17, 15) is 0 Å². The van der Waals surface area contributed by atoms with E-state index in [0.29, 0.717) is 12.3 Å². The molecule has 0 aromatic heterocycles. The van der Waals surface area contributed by atoms with Crippen molar-refractivity contribution in [2.24, 2.45) is 5.92 Å². The van der Waals surface area contributed by atoms with Crippen LogP contribution >= 0.6 is 31.9 Å². The molecule has 2 nitrogen and oxygen atoms in total. The van der Waals surface area contributed by atoms with Gasteiger partial charge in [0.05, 0.1) is 12.5 Å².